The minimum absolute atomic E-state index is 0.0511. The second-order valence-corrected chi connectivity index (χ2v) is 4.76. The molecule has 1 aromatic carbocycles. The molecule has 0 atom stereocenters. The molecule has 0 heterocycles. The first-order chi connectivity index (χ1) is 6.94. The van der Waals surface area contributed by atoms with Crippen molar-refractivity contribution in [2.24, 2.45) is 0 Å². The van der Waals surface area contributed by atoms with Gasteiger partial charge in [-0.2, -0.15) is 0 Å². The SMILES string of the molecule is CCC(C)(CC)c1cc(C)c(F)cc1Cl. The summed E-state index contributed by atoms with van der Waals surface area (Å²) in [6.07, 6.45) is 2.02. The molecule has 0 saturated carbocycles. The van der Waals surface area contributed by atoms with Gasteiger partial charge in [-0.05, 0) is 42.4 Å². The van der Waals surface area contributed by atoms with Gasteiger partial charge in [-0.3, -0.25) is 0 Å². The van der Waals surface area contributed by atoms with Crippen molar-refractivity contribution in [3.05, 3.63) is 34.1 Å². The van der Waals surface area contributed by atoms with Crippen LogP contribution in [0.2, 0.25) is 5.02 Å². The van der Waals surface area contributed by atoms with Crippen LogP contribution in [0.15, 0.2) is 12.1 Å². The van der Waals surface area contributed by atoms with E-state index in [4.69, 9.17) is 11.6 Å². The quantitative estimate of drug-likeness (QED) is 0.693. The molecule has 15 heavy (non-hydrogen) atoms. The van der Waals surface area contributed by atoms with E-state index in [0.717, 1.165) is 18.4 Å². The lowest BCUT2D eigenvalue weighted by Crippen LogP contribution is -2.20. The van der Waals surface area contributed by atoms with Gasteiger partial charge in [0.2, 0.25) is 0 Å². The summed E-state index contributed by atoms with van der Waals surface area (Å²) >= 11 is 6.10. The number of aryl methyl sites for hydroxylation is 1. The molecule has 0 bridgehead atoms. The van der Waals surface area contributed by atoms with Gasteiger partial charge in [-0.15, -0.1) is 0 Å². The minimum atomic E-state index is -0.224. The fourth-order valence-corrected chi connectivity index (χ4v) is 2.13. The van der Waals surface area contributed by atoms with E-state index < -0.39 is 0 Å². The summed E-state index contributed by atoms with van der Waals surface area (Å²) in [6, 6.07) is 3.31. The van der Waals surface area contributed by atoms with Crippen LogP contribution in [0.5, 0.6) is 0 Å². The summed E-state index contributed by atoms with van der Waals surface area (Å²) in [5, 5.41) is 0.546. The summed E-state index contributed by atoms with van der Waals surface area (Å²) < 4.78 is 13.3. The summed E-state index contributed by atoms with van der Waals surface area (Å²) in [6.45, 7) is 8.23. The molecule has 0 radical (unpaired) electrons. The maximum Gasteiger partial charge on any atom is 0.127 e. The molecule has 0 spiro atoms. The highest BCUT2D eigenvalue weighted by atomic mass is 35.5. The molecule has 0 saturated heterocycles. The number of hydrogen-bond acceptors (Lipinski definition) is 0. The van der Waals surface area contributed by atoms with E-state index in [-0.39, 0.29) is 11.2 Å². The van der Waals surface area contributed by atoms with Gasteiger partial charge in [0.1, 0.15) is 5.82 Å². The van der Waals surface area contributed by atoms with Crippen LogP contribution in [0.4, 0.5) is 4.39 Å². The molecule has 0 aliphatic carbocycles. The van der Waals surface area contributed by atoms with E-state index in [1.807, 2.05) is 6.07 Å². The van der Waals surface area contributed by atoms with E-state index in [2.05, 4.69) is 20.8 Å². The normalized spacial score (nSPS) is 11.9. The first kappa shape index (κ1) is 12.5. The molecule has 1 rings (SSSR count). The Bertz CT molecular complexity index is 354. The van der Waals surface area contributed by atoms with Gasteiger partial charge in [0, 0.05) is 5.02 Å². The fourth-order valence-electron chi connectivity index (χ4n) is 1.75. The molecule has 0 N–H and O–H groups in total. The lowest BCUT2D eigenvalue weighted by molar-refractivity contribution is 0.438. The third kappa shape index (κ3) is 2.34. The van der Waals surface area contributed by atoms with E-state index in [0.29, 0.717) is 10.6 Å². The number of rotatable bonds is 3. The maximum absolute atomic E-state index is 13.3. The molecule has 0 nitrogen and oxygen atoms in total. The number of halogens is 2. The Morgan fingerprint density at radius 2 is 1.80 bits per heavy atom. The molecule has 0 unspecified atom stereocenters. The van der Waals surface area contributed by atoms with Crippen LogP contribution in [0.3, 0.4) is 0 Å². The predicted octanol–water partition coefficient (Wildman–Crippen LogP) is 4.87. The zero-order valence-corrected chi connectivity index (χ0v) is 10.6. The second-order valence-electron chi connectivity index (χ2n) is 4.35. The Hall–Kier alpha value is -0.560. The van der Waals surface area contributed by atoms with E-state index in [1.54, 1.807) is 6.92 Å². The largest absolute Gasteiger partial charge is 0.207 e. The highest BCUT2D eigenvalue weighted by Crippen LogP contribution is 2.36. The van der Waals surface area contributed by atoms with E-state index in [9.17, 15) is 4.39 Å². The minimum Gasteiger partial charge on any atom is -0.207 e. The lowest BCUT2D eigenvalue weighted by atomic mass is 9.77. The van der Waals surface area contributed by atoms with Crippen LogP contribution in [0.1, 0.15) is 44.7 Å². The third-order valence-electron chi connectivity index (χ3n) is 3.46. The third-order valence-corrected chi connectivity index (χ3v) is 3.77. The number of hydrogen-bond donors (Lipinski definition) is 0. The first-order valence-corrected chi connectivity index (χ1v) is 5.78. The summed E-state index contributed by atoms with van der Waals surface area (Å²) in [5.41, 5.74) is 1.78. The Kier molecular flexibility index (Phi) is 3.77. The molecule has 84 valence electrons. The van der Waals surface area contributed by atoms with Crippen LogP contribution in [0, 0.1) is 12.7 Å². The van der Waals surface area contributed by atoms with Gasteiger partial charge < -0.3 is 0 Å². The topological polar surface area (TPSA) is 0 Å². The van der Waals surface area contributed by atoms with Crippen LogP contribution in [-0.2, 0) is 5.41 Å². The molecular formula is C13H18ClF. The molecule has 1 aromatic rings. The van der Waals surface area contributed by atoms with Gasteiger partial charge in [0.25, 0.3) is 0 Å². The maximum atomic E-state index is 13.3. The number of benzene rings is 1. The summed E-state index contributed by atoms with van der Waals surface area (Å²) in [5.74, 6) is -0.224. The van der Waals surface area contributed by atoms with Crippen molar-refractivity contribution in [2.75, 3.05) is 0 Å². The highest BCUT2D eigenvalue weighted by Gasteiger charge is 2.25. The van der Waals surface area contributed by atoms with Crippen molar-refractivity contribution < 1.29 is 4.39 Å². The molecule has 0 aromatic heterocycles. The van der Waals surface area contributed by atoms with Gasteiger partial charge in [0.15, 0.2) is 0 Å². The zero-order chi connectivity index (χ0) is 11.6. The molecular weight excluding hydrogens is 211 g/mol. The van der Waals surface area contributed by atoms with Crippen LogP contribution in [0.25, 0.3) is 0 Å². The van der Waals surface area contributed by atoms with Crippen molar-refractivity contribution >= 4 is 11.6 Å². The first-order valence-electron chi connectivity index (χ1n) is 5.40. The van der Waals surface area contributed by atoms with E-state index in [1.165, 1.54) is 6.07 Å². The smallest absolute Gasteiger partial charge is 0.127 e. The van der Waals surface area contributed by atoms with Crippen LogP contribution in [-0.4, -0.2) is 0 Å². The fraction of sp³-hybridized carbons (Fsp3) is 0.538. The van der Waals surface area contributed by atoms with Crippen LogP contribution < -0.4 is 0 Å². The molecule has 0 aliphatic heterocycles. The van der Waals surface area contributed by atoms with Crippen molar-refractivity contribution in [3.63, 3.8) is 0 Å². The van der Waals surface area contributed by atoms with Gasteiger partial charge >= 0.3 is 0 Å². The monoisotopic (exact) mass is 228 g/mol. The Balaban J connectivity index is 3.30. The molecule has 2 heteroatoms. The summed E-state index contributed by atoms with van der Waals surface area (Å²) in [7, 11) is 0. The van der Waals surface area contributed by atoms with E-state index >= 15 is 0 Å². The average molecular weight is 229 g/mol. The summed E-state index contributed by atoms with van der Waals surface area (Å²) in [4.78, 5) is 0. The average Bonchev–Trinajstić information content (AvgIpc) is 2.22. The highest BCUT2D eigenvalue weighted by molar-refractivity contribution is 6.31. The van der Waals surface area contributed by atoms with Gasteiger partial charge in [-0.1, -0.05) is 38.4 Å². The standard InChI is InChI=1S/C13H18ClF/c1-5-13(4,6-2)10-7-9(3)12(15)8-11(10)14/h7-8H,5-6H2,1-4H3. The predicted molar refractivity (Wildman–Crippen MR) is 64.1 cm³/mol. The molecule has 0 amide bonds. The zero-order valence-electron chi connectivity index (χ0n) is 9.82. The van der Waals surface area contributed by atoms with Crippen molar-refractivity contribution in [1.29, 1.82) is 0 Å². The van der Waals surface area contributed by atoms with Crippen molar-refractivity contribution in [2.45, 2.75) is 46.0 Å². The van der Waals surface area contributed by atoms with Crippen LogP contribution >= 0.6 is 11.6 Å². The van der Waals surface area contributed by atoms with Gasteiger partial charge in [-0.25, -0.2) is 4.39 Å². The van der Waals surface area contributed by atoms with Crippen molar-refractivity contribution in [3.8, 4) is 0 Å². The van der Waals surface area contributed by atoms with Gasteiger partial charge in [0.05, 0.1) is 0 Å². The Morgan fingerprint density at radius 1 is 1.27 bits per heavy atom. The van der Waals surface area contributed by atoms with Crippen molar-refractivity contribution in [1.82, 2.24) is 0 Å². The Labute approximate surface area is 96.5 Å². The second kappa shape index (κ2) is 4.52. The molecule has 0 aliphatic rings. The Morgan fingerprint density at radius 3 is 2.27 bits per heavy atom. The lowest BCUT2D eigenvalue weighted by Gasteiger charge is -2.28. The molecule has 0 fully saturated rings.